The molecule has 0 spiro atoms. The third kappa shape index (κ3) is 3.09. The van der Waals surface area contributed by atoms with Crippen LogP contribution in [0.5, 0.6) is 0 Å². The molecule has 0 aliphatic heterocycles. The smallest absolute Gasteiger partial charge is 0.433 e. The zero-order valence-corrected chi connectivity index (χ0v) is 13.6. The van der Waals surface area contributed by atoms with Gasteiger partial charge in [-0.15, -0.1) is 0 Å². The first-order chi connectivity index (χ1) is 12.3. The Hall–Kier alpha value is -3.20. The van der Waals surface area contributed by atoms with Gasteiger partial charge in [-0.05, 0) is 27.8 Å². The number of rotatable bonds is 3. The van der Waals surface area contributed by atoms with Crippen molar-refractivity contribution in [2.45, 2.75) is 5.92 Å². The molecule has 0 aromatic heterocycles. The van der Waals surface area contributed by atoms with Crippen molar-refractivity contribution in [2.75, 3.05) is 6.61 Å². The second-order valence-corrected chi connectivity index (χ2v) is 5.97. The molecular weight excluding hydrogens is 310 g/mol. The maximum Gasteiger partial charge on any atom is 0.433 e. The summed E-state index contributed by atoms with van der Waals surface area (Å²) >= 11 is 0. The van der Waals surface area contributed by atoms with E-state index in [1.807, 2.05) is 54.6 Å². The summed E-state index contributed by atoms with van der Waals surface area (Å²) in [4.78, 5) is 15.9. The van der Waals surface area contributed by atoms with Gasteiger partial charge in [-0.25, -0.2) is 4.79 Å². The minimum atomic E-state index is -0.564. The quantitative estimate of drug-likeness (QED) is 0.631. The highest BCUT2D eigenvalue weighted by atomic mass is 16.5. The highest BCUT2D eigenvalue weighted by Gasteiger charge is 2.28. The van der Waals surface area contributed by atoms with Crippen LogP contribution in [0.3, 0.4) is 0 Å². The van der Waals surface area contributed by atoms with Gasteiger partial charge in [0.25, 0.3) is 0 Å². The first-order valence-corrected chi connectivity index (χ1v) is 8.27. The van der Waals surface area contributed by atoms with Crippen molar-refractivity contribution in [3.8, 4) is 11.1 Å². The molecule has 25 heavy (non-hydrogen) atoms. The van der Waals surface area contributed by atoms with Crippen molar-refractivity contribution in [3.05, 3.63) is 95.6 Å². The molecule has 0 heterocycles. The summed E-state index contributed by atoms with van der Waals surface area (Å²) in [6, 6.07) is 26.0. The van der Waals surface area contributed by atoms with Crippen LogP contribution in [0.25, 0.3) is 11.1 Å². The molecule has 0 atom stereocenters. The number of carbonyl (C=O) groups excluding carboxylic acids is 1. The minimum absolute atomic E-state index is 0.0586. The van der Waals surface area contributed by atoms with E-state index in [2.05, 4.69) is 29.3 Å². The molecule has 1 aliphatic carbocycles. The van der Waals surface area contributed by atoms with Gasteiger partial charge in [-0.2, -0.15) is 4.99 Å². The van der Waals surface area contributed by atoms with Crippen LogP contribution in [0.2, 0.25) is 0 Å². The van der Waals surface area contributed by atoms with Gasteiger partial charge in [0.15, 0.2) is 0 Å². The van der Waals surface area contributed by atoms with E-state index in [0.29, 0.717) is 6.61 Å². The average molecular weight is 327 g/mol. The van der Waals surface area contributed by atoms with E-state index in [-0.39, 0.29) is 5.92 Å². The zero-order chi connectivity index (χ0) is 17.1. The summed E-state index contributed by atoms with van der Waals surface area (Å²) in [5, 5.41) is 0. The lowest BCUT2D eigenvalue weighted by atomic mass is 9.98. The number of nitrogens with zero attached hydrogens (tertiary/aromatic N) is 1. The lowest BCUT2D eigenvalue weighted by Crippen LogP contribution is -2.10. The summed E-state index contributed by atoms with van der Waals surface area (Å²) in [5.74, 6) is 0.0586. The molecule has 3 aromatic rings. The van der Waals surface area contributed by atoms with Gasteiger partial charge in [0, 0.05) is 12.1 Å². The molecule has 0 bridgehead atoms. The molecule has 0 saturated heterocycles. The van der Waals surface area contributed by atoms with Gasteiger partial charge in [-0.1, -0.05) is 78.9 Å². The zero-order valence-electron chi connectivity index (χ0n) is 13.6. The van der Waals surface area contributed by atoms with Crippen LogP contribution in [0, 0.1) is 0 Å². The molecule has 0 radical (unpaired) electrons. The van der Waals surface area contributed by atoms with E-state index in [0.717, 1.165) is 5.56 Å². The number of fused-ring (bicyclic) bond motifs is 3. The molecule has 0 unspecified atom stereocenters. The van der Waals surface area contributed by atoms with Crippen molar-refractivity contribution in [2.24, 2.45) is 4.99 Å². The number of ether oxygens (including phenoxy) is 1. The van der Waals surface area contributed by atoms with E-state index in [1.165, 1.54) is 28.5 Å². The number of carbonyl (C=O) groups is 1. The first-order valence-electron chi connectivity index (χ1n) is 8.27. The Kier molecular flexibility index (Phi) is 4.13. The van der Waals surface area contributed by atoms with Crippen molar-refractivity contribution in [1.29, 1.82) is 0 Å². The van der Waals surface area contributed by atoms with Gasteiger partial charge in [0.1, 0.15) is 6.61 Å². The van der Waals surface area contributed by atoms with Crippen LogP contribution in [-0.2, 0) is 4.74 Å². The summed E-state index contributed by atoms with van der Waals surface area (Å²) in [5.41, 5.74) is 5.70. The second kappa shape index (κ2) is 6.73. The lowest BCUT2D eigenvalue weighted by molar-refractivity contribution is 0.154. The molecular formula is C22H17NO2. The predicted molar refractivity (Wildman–Crippen MR) is 99.1 cm³/mol. The molecule has 3 aromatic carbocycles. The Morgan fingerprint density at radius 2 is 1.40 bits per heavy atom. The van der Waals surface area contributed by atoms with Crippen molar-refractivity contribution in [3.63, 3.8) is 0 Å². The lowest BCUT2D eigenvalue weighted by Gasteiger charge is -2.12. The Balaban J connectivity index is 1.50. The molecule has 122 valence electrons. The molecule has 3 heteroatoms. The Labute approximate surface area is 146 Å². The van der Waals surface area contributed by atoms with Gasteiger partial charge in [-0.3, -0.25) is 0 Å². The molecule has 0 saturated carbocycles. The highest BCUT2D eigenvalue weighted by molar-refractivity contribution is 5.88. The number of hydrogen-bond donors (Lipinski definition) is 0. The average Bonchev–Trinajstić information content (AvgIpc) is 2.99. The number of benzene rings is 3. The summed E-state index contributed by atoms with van der Waals surface area (Å²) in [6.45, 7) is 0.291. The van der Waals surface area contributed by atoms with E-state index in [4.69, 9.17) is 4.74 Å². The van der Waals surface area contributed by atoms with Crippen LogP contribution in [0.4, 0.5) is 4.79 Å². The number of aliphatic imine (C=N–C) groups is 1. The van der Waals surface area contributed by atoms with Crippen molar-refractivity contribution >= 4 is 12.3 Å². The fraction of sp³-hybridized carbons (Fsp3) is 0.0909. The normalized spacial score (nSPS) is 12.8. The third-order valence-corrected chi connectivity index (χ3v) is 4.45. The largest absolute Gasteiger partial charge is 0.447 e. The number of amides is 1. The van der Waals surface area contributed by atoms with Crippen LogP contribution in [0.15, 0.2) is 83.9 Å². The highest BCUT2D eigenvalue weighted by Crippen LogP contribution is 2.44. The van der Waals surface area contributed by atoms with Crippen LogP contribution in [-0.4, -0.2) is 18.9 Å². The molecule has 1 aliphatic rings. The second-order valence-electron chi connectivity index (χ2n) is 5.97. The topological polar surface area (TPSA) is 38.7 Å². The van der Waals surface area contributed by atoms with Crippen molar-refractivity contribution < 1.29 is 9.53 Å². The monoisotopic (exact) mass is 327 g/mol. The molecule has 1 amide bonds. The Morgan fingerprint density at radius 3 is 2.04 bits per heavy atom. The molecule has 0 fully saturated rings. The van der Waals surface area contributed by atoms with Gasteiger partial charge >= 0.3 is 6.09 Å². The van der Waals surface area contributed by atoms with Gasteiger partial charge < -0.3 is 4.74 Å². The van der Waals surface area contributed by atoms with Crippen LogP contribution < -0.4 is 0 Å². The maximum absolute atomic E-state index is 12.0. The molecule has 0 N–H and O–H groups in total. The minimum Gasteiger partial charge on any atom is -0.447 e. The fourth-order valence-corrected chi connectivity index (χ4v) is 3.30. The maximum atomic E-state index is 12.0. The Morgan fingerprint density at radius 1 is 0.840 bits per heavy atom. The third-order valence-electron chi connectivity index (χ3n) is 4.45. The van der Waals surface area contributed by atoms with E-state index in [1.54, 1.807) is 0 Å². The van der Waals surface area contributed by atoms with Crippen LogP contribution in [0.1, 0.15) is 22.6 Å². The van der Waals surface area contributed by atoms with E-state index < -0.39 is 6.09 Å². The van der Waals surface area contributed by atoms with E-state index >= 15 is 0 Å². The first kappa shape index (κ1) is 15.3. The van der Waals surface area contributed by atoms with Crippen LogP contribution >= 0.6 is 0 Å². The Bertz CT molecular complexity index is 886. The summed E-state index contributed by atoms with van der Waals surface area (Å²) in [6.07, 6.45) is 0.963. The van der Waals surface area contributed by atoms with Crippen molar-refractivity contribution in [1.82, 2.24) is 0 Å². The fourth-order valence-electron chi connectivity index (χ4n) is 3.30. The molecule has 4 rings (SSSR count). The standard InChI is InChI=1S/C22H17NO2/c24-22(23-14-16-8-2-1-3-9-16)25-15-21-19-12-6-4-10-17(19)18-11-5-7-13-20(18)21/h1-14,21H,15H2/b23-14+. The van der Waals surface area contributed by atoms with E-state index in [9.17, 15) is 4.79 Å². The predicted octanol–water partition coefficient (Wildman–Crippen LogP) is 5.05. The number of hydrogen-bond acceptors (Lipinski definition) is 2. The SMILES string of the molecule is O=C(/N=C/c1ccccc1)OCC1c2ccccc2-c2ccccc21. The van der Waals surface area contributed by atoms with Gasteiger partial charge in [0.05, 0.1) is 0 Å². The van der Waals surface area contributed by atoms with Gasteiger partial charge in [0.2, 0.25) is 0 Å². The summed E-state index contributed by atoms with van der Waals surface area (Å²) < 4.78 is 5.42. The summed E-state index contributed by atoms with van der Waals surface area (Å²) in [7, 11) is 0. The molecule has 3 nitrogen and oxygen atoms in total.